The van der Waals surface area contributed by atoms with Crippen LogP contribution in [0.1, 0.15) is 0 Å². The van der Waals surface area contributed by atoms with Gasteiger partial charge >= 0.3 is 0 Å². The summed E-state index contributed by atoms with van der Waals surface area (Å²) in [6, 6.07) is 16.5. The number of carbonyl (C=O) groups is 1. The van der Waals surface area contributed by atoms with Crippen molar-refractivity contribution in [1.82, 2.24) is 9.88 Å². The molecule has 8 heteroatoms. The van der Waals surface area contributed by atoms with Crippen molar-refractivity contribution in [2.45, 2.75) is 0 Å². The van der Waals surface area contributed by atoms with E-state index in [0.717, 1.165) is 13.1 Å². The van der Waals surface area contributed by atoms with Gasteiger partial charge in [0.05, 0.1) is 22.5 Å². The Hall–Kier alpha value is -3.68. The normalized spacial score (nSPS) is 14.1. The lowest BCUT2D eigenvalue weighted by Gasteiger charge is -2.36. The van der Waals surface area contributed by atoms with Gasteiger partial charge in [-0.3, -0.25) is 19.9 Å². The number of piperazine rings is 1. The Kier molecular flexibility index (Phi) is 5.24. The first kappa shape index (κ1) is 18.7. The van der Waals surface area contributed by atoms with Crippen LogP contribution in [0.4, 0.5) is 17.1 Å². The highest BCUT2D eigenvalue weighted by Crippen LogP contribution is 2.29. The summed E-state index contributed by atoms with van der Waals surface area (Å²) in [5.41, 5.74) is 2.27. The second kappa shape index (κ2) is 8.14. The van der Waals surface area contributed by atoms with Gasteiger partial charge in [0.2, 0.25) is 5.91 Å². The summed E-state index contributed by atoms with van der Waals surface area (Å²) in [5.74, 6) is 0.000135. The molecule has 4 rings (SSSR count). The van der Waals surface area contributed by atoms with Crippen LogP contribution in [0.25, 0.3) is 10.9 Å². The van der Waals surface area contributed by atoms with Crippen molar-refractivity contribution >= 4 is 33.9 Å². The topological polar surface area (TPSA) is 91.6 Å². The Bertz CT molecular complexity index is 1030. The van der Waals surface area contributed by atoms with Crippen LogP contribution < -0.4 is 10.2 Å². The molecular formula is C21H21N5O3. The number of nitro groups is 1. The first-order chi connectivity index (χ1) is 14.1. The minimum atomic E-state index is -0.425. The van der Waals surface area contributed by atoms with Gasteiger partial charge in [-0.05, 0) is 30.3 Å². The monoisotopic (exact) mass is 391 g/mol. The Morgan fingerprint density at radius 1 is 1.03 bits per heavy atom. The molecule has 2 heterocycles. The maximum atomic E-state index is 12.6. The molecule has 3 aromatic rings. The summed E-state index contributed by atoms with van der Waals surface area (Å²) in [6.07, 6.45) is 1.59. The number of nitro benzene ring substituents is 1. The number of non-ortho nitro benzene ring substituents is 1. The van der Waals surface area contributed by atoms with Crippen LogP contribution in [0.5, 0.6) is 0 Å². The number of aromatic nitrogens is 1. The number of hydrogen-bond acceptors (Lipinski definition) is 6. The molecule has 0 spiro atoms. The van der Waals surface area contributed by atoms with Crippen LogP contribution in [-0.4, -0.2) is 53.4 Å². The Morgan fingerprint density at radius 2 is 1.79 bits per heavy atom. The number of carbonyl (C=O) groups excluding carboxylic acids is 1. The molecular weight excluding hydrogens is 370 g/mol. The Morgan fingerprint density at radius 3 is 2.52 bits per heavy atom. The third-order valence-electron chi connectivity index (χ3n) is 5.13. The van der Waals surface area contributed by atoms with Crippen molar-refractivity contribution in [2.75, 3.05) is 42.9 Å². The second-order valence-electron chi connectivity index (χ2n) is 6.85. The molecule has 1 amide bonds. The average molecular weight is 391 g/mol. The molecule has 0 unspecified atom stereocenters. The van der Waals surface area contributed by atoms with Crippen LogP contribution in [0.15, 0.2) is 60.8 Å². The van der Waals surface area contributed by atoms with Crippen LogP contribution >= 0.6 is 0 Å². The van der Waals surface area contributed by atoms with E-state index in [1.54, 1.807) is 24.4 Å². The van der Waals surface area contributed by atoms with Crippen molar-refractivity contribution in [1.29, 1.82) is 0 Å². The molecule has 8 nitrogen and oxygen atoms in total. The summed E-state index contributed by atoms with van der Waals surface area (Å²) in [6.45, 7) is 3.02. The van der Waals surface area contributed by atoms with Gasteiger partial charge in [-0.25, -0.2) is 0 Å². The number of benzene rings is 2. The lowest BCUT2D eigenvalue weighted by molar-refractivity contribution is -0.383. The van der Waals surface area contributed by atoms with Crippen molar-refractivity contribution in [2.24, 2.45) is 0 Å². The van der Waals surface area contributed by atoms with Gasteiger partial charge in [0.25, 0.3) is 5.69 Å². The van der Waals surface area contributed by atoms with Crippen LogP contribution in [-0.2, 0) is 4.79 Å². The SMILES string of the molecule is O=C(CNc1ccc([N+](=O)[O-])c2cccnc12)N1CCN(c2ccccc2)CC1. The number of anilines is 2. The second-order valence-corrected chi connectivity index (χ2v) is 6.85. The highest BCUT2D eigenvalue weighted by molar-refractivity contribution is 5.97. The fourth-order valence-corrected chi connectivity index (χ4v) is 3.59. The molecule has 0 radical (unpaired) electrons. The number of amides is 1. The summed E-state index contributed by atoms with van der Waals surface area (Å²) in [7, 11) is 0. The van der Waals surface area contributed by atoms with E-state index >= 15 is 0 Å². The number of nitrogens with zero attached hydrogens (tertiary/aromatic N) is 4. The van der Waals surface area contributed by atoms with E-state index in [-0.39, 0.29) is 18.1 Å². The van der Waals surface area contributed by atoms with Gasteiger partial charge in [0.15, 0.2) is 0 Å². The fourth-order valence-electron chi connectivity index (χ4n) is 3.59. The van der Waals surface area contributed by atoms with Crippen molar-refractivity contribution in [3.05, 3.63) is 70.9 Å². The predicted octanol–water partition coefficient (Wildman–Crippen LogP) is 2.90. The predicted molar refractivity (Wildman–Crippen MR) is 112 cm³/mol. The van der Waals surface area contributed by atoms with Gasteiger partial charge < -0.3 is 15.1 Å². The van der Waals surface area contributed by atoms with Crippen LogP contribution in [0.2, 0.25) is 0 Å². The average Bonchev–Trinajstić information content (AvgIpc) is 2.77. The molecule has 1 aliphatic heterocycles. The number of fused-ring (bicyclic) bond motifs is 1. The van der Waals surface area contributed by atoms with Gasteiger partial charge in [-0.1, -0.05) is 18.2 Å². The molecule has 1 aliphatic rings. The Labute approximate surface area is 167 Å². The molecule has 2 aromatic carbocycles. The summed E-state index contributed by atoms with van der Waals surface area (Å²) >= 11 is 0. The van der Waals surface area contributed by atoms with Crippen LogP contribution in [0, 0.1) is 10.1 Å². The van der Waals surface area contributed by atoms with E-state index in [4.69, 9.17) is 0 Å². The number of pyridine rings is 1. The largest absolute Gasteiger partial charge is 0.374 e. The van der Waals surface area contributed by atoms with Gasteiger partial charge in [0, 0.05) is 44.1 Å². The Balaban J connectivity index is 1.39. The van der Waals surface area contributed by atoms with Crippen molar-refractivity contribution < 1.29 is 9.72 Å². The molecule has 1 N–H and O–H groups in total. The first-order valence-electron chi connectivity index (χ1n) is 9.47. The lowest BCUT2D eigenvalue weighted by atomic mass is 10.1. The number of para-hydroxylation sites is 1. The molecule has 0 bridgehead atoms. The molecule has 29 heavy (non-hydrogen) atoms. The minimum absolute atomic E-state index is 0.000135. The van der Waals surface area contributed by atoms with E-state index in [9.17, 15) is 14.9 Å². The highest BCUT2D eigenvalue weighted by atomic mass is 16.6. The molecule has 0 aliphatic carbocycles. The van der Waals surface area contributed by atoms with E-state index in [1.807, 2.05) is 23.1 Å². The highest BCUT2D eigenvalue weighted by Gasteiger charge is 2.21. The number of hydrogen-bond donors (Lipinski definition) is 1. The zero-order valence-electron chi connectivity index (χ0n) is 15.8. The number of rotatable bonds is 5. The minimum Gasteiger partial charge on any atom is -0.374 e. The van der Waals surface area contributed by atoms with Gasteiger partial charge in [0.1, 0.15) is 5.52 Å². The van der Waals surface area contributed by atoms with E-state index in [2.05, 4.69) is 27.3 Å². The third-order valence-corrected chi connectivity index (χ3v) is 5.13. The van der Waals surface area contributed by atoms with Crippen molar-refractivity contribution in [3.63, 3.8) is 0 Å². The van der Waals surface area contributed by atoms with E-state index < -0.39 is 4.92 Å². The quantitative estimate of drug-likeness (QED) is 0.531. The summed E-state index contributed by atoms with van der Waals surface area (Å²) in [4.78, 5) is 31.8. The zero-order valence-corrected chi connectivity index (χ0v) is 15.8. The molecule has 1 fully saturated rings. The smallest absolute Gasteiger partial charge is 0.278 e. The van der Waals surface area contributed by atoms with Crippen molar-refractivity contribution in [3.8, 4) is 0 Å². The van der Waals surface area contributed by atoms with Crippen LogP contribution in [0.3, 0.4) is 0 Å². The summed E-state index contributed by atoms with van der Waals surface area (Å²) < 4.78 is 0. The fraction of sp³-hybridized carbons (Fsp3) is 0.238. The molecule has 0 saturated carbocycles. The van der Waals surface area contributed by atoms with E-state index in [1.165, 1.54) is 11.8 Å². The standard InChI is InChI=1S/C21H21N5O3/c27-20(25-13-11-24(12-14-25)16-5-2-1-3-6-16)15-23-18-8-9-19(26(28)29)17-7-4-10-22-21(17)18/h1-10,23H,11-15H2. The third kappa shape index (κ3) is 3.96. The van der Waals surface area contributed by atoms with Gasteiger partial charge in [-0.2, -0.15) is 0 Å². The zero-order chi connectivity index (χ0) is 20.2. The molecule has 1 aromatic heterocycles. The molecule has 148 valence electrons. The maximum Gasteiger partial charge on any atom is 0.278 e. The number of nitrogens with one attached hydrogen (secondary N) is 1. The van der Waals surface area contributed by atoms with E-state index in [0.29, 0.717) is 29.7 Å². The molecule has 0 atom stereocenters. The van der Waals surface area contributed by atoms with Gasteiger partial charge in [-0.15, -0.1) is 0 Å². The maximum absolute atomic E-state index is 12.6. The lowest BCUT2D eigenvalue weighted by Crippen LogP contribution is -2.50. The first-order valence-corrected chi connectivity index (χ1v) is 9.47. The summed E-state index contributed by atoms with van der Waals surface area (Å²) in [5, 5.41) is 14.8. The molecule has 1 saturated heterocycles.